The summed E-state index contributed by atoms with van der Waals surface area (Å²) < 4.78 is 4.67. The summed E-state index contributed by atoms with van der Waals surface area (Å²) in [5, 5.41) is 0. The Labute approximate surface area is 77.5 Å². The van der Waals surface area contributed by atoms with Crippen LogP contribution >= 0.6 is 0 Å². The van der Waals surface area contributed by atoms with Crippen LogP contribution in [0, 0.1) is 0 Å². The molecule has 0 aromatic heterocycles. The van der Waals surface area contributed by atoms with Crippen molar-refractivity contribution in [3.05, 3.63) is 35.4 Å². The van der Waals surface area contributed by atoms with E-state index in [-0.39, 0.29) is 0 Å². The summed E-state index contributed by atoms with van der Waals surface area (Å²) in [6.45, 7) is 1.95. The van der Waals surface area contributed by atoms with Crippen LogP contribution in [0.4, 0.5) is 0 Å². The van der Waals surface area contributed by atoms with Crippen molar-refractivity contribution in [2.45, 2.75) is 18.8 Å². The summed E-state index contributed by atoms with van der Waals surface area (Å²) in [5.74, 6) is 0.387. The summed E-state index contributed by atoms with van der Waals surface area (Å²) in [6, 6.07) is 8.33. The lowest BCUT2D eigenvalue weighted by Gasteiger charge is -2.08. The highest BCUT2D eigenvalue weighted by atomic mass is 16.5. The fraction of sp³-hybridized carbons (Fsp3) is 0.364. The molecule has 0 bridgehead atoms. The van der Waals surface area contributed by atoms with Crippen LogP contribution in [0.25, 0.3) is 0 Å². The van der Waals surface area contributed by atoms with Crippen LogP contribution in [0.2, 0.25) is 0 Å². The van der Waals surface area contributed by atoms with E-state index >= 15 is 0 Å². The summed E-state index contributed by atoms with van der Waals surface area (Å²) in [5.41, 5.74) is 2.72. The molecule has 0 N–H and O–H groups in total. The Morgan fingerprint density at radius 2 is 2.31 bits per heavy atom. The second kappa shape index (κ2) is 3.60. The van der Waals surface area contributed by atoms with Crippen molar-refractivity contribution in [1.29, 1.82) is 0 Å². The number of ether oxygens (including phenoxy) is 1. The van der Waals surface area contributed by atoms with Crippen molar-refractivity contribution < 1.29 is 9.53 Å². The van der Waals surface area contributed by atoms with Crippen molar-refractivity contribution in [2.24, 2.45) is 0 Å². The van der Waals surface area contributed by atoms with Gasteiger partial charge in [-0.2, -0.15) is 0 Å². The number of hydrogen-bond donors (Lipinski definition) is 0. The van der Waals surface area contributed by atoms with Crippen molar-refractivity contribution in [3.8, 4) is 0 Å². The zero-order valence-electron chi connectivity index (χ0n) is 7.32. The lowest BCUT2D eigenvalue weighted by molar-refractivity contribution is 0.254. The SMILES string of the molecule is O=[C]OCC1CCc2ccccc21. The topological polar surface area (TPSA) is 26.3 Å². The van der Waals surface area contributed by atoms with Gasteiger partial charge in [0, 0.05) is 5.92 Å². The molecule has 0 spiro atoms. The number of carbonyl (C=O) groups excluding carboxylic acids is 1. The third-order valence-electron chi connectivity index (χ3n) is 2.60. The van der Waals surface area contributed by atoms with Gasteiger partial charge in [-0.05, 0) is 24.0 Å². The Kier molecular flexibility index (Phi) is 2.30. The Morgan fingerprint density at radius 3 is 3.15 bits per heavy atom. The van der Waals surface area contributed by atoms with E-state index in [1.807, 2.05) is 12.1 Å². The monoisotopic (exact) mass is 175 g/mol. The van der Waals surface area contributed by atoms with Gasteiger partial charge >= 0.3 is 6.47 Å². The highest BCUT2D eigenvalue weighted by Gasteiger charge is 2.21. The Morgan fingerprint density at radius 1 is 1.46 bits per heavy atom. The predicted molar refractivity (Wildman–Crippen MR) is 49.1 cm³/mol. The average Bonchev–Trinajstić information content (AvgIpc) is 2.58. The van der Waals surface area contributed by atoms with Crippen LogP contribution < -0.4 is 0 Å². The van der Waals surface area contributed by atoms with E-state index in [9.17, 15) is 4.79 Å². The minimum absolute atomic E-state index is 0.387. The first-order valence-corrected chi connectivity index (χ1v) is 4.48. The molecule has 0 fully saturated rings. The van der Waals surface area contributed by atoms with Crippen molar-refractivity contribution in [2.75, 3.05) is 6.61 Å². The van der Waals surface area contributed by atoms with Crippen molar-refractivity contribution in [1.82, 2.24) is 0 Å². The second-order valence-corrected chi connectivity index (χ2v) is 3.33. The van der Waals surface area contributed by atoms with Gasteiger partial charge in [0.1, 0.15) is 0 Å². The molecule has 0 saturated heterocycles. The molecule has 0 aliphatic heterocycles. The number of benzene rings is 1. The lowest BCUT2D eigenvalue weighted by atomic mass is 10.0. The number of fused-ring (bicyclic) bond motifs is 1. The summed E-state index contributed by atoms with van der Waals surface area (Å²) >= 11 is 0. The van der Waals surface area contributed by atoms with Gasteiger partial charge in [-0.25, -0.2) is 4.79 Å². The van der Waals surface area contributed by atoms with E-state index in [2.05, 4.69) is 16.9 Å². The predicted octanol–water partition coefficient (Wildman–Crippen LogP) is 1.80. The van der Waals surface area contributed by atoms with E-state index in [4.69, 9.17) is 0 Å². The maximum atomic E-state index is 9.93. The maximum absolute atomic E-state index is 9.93. The molecule has 2 heteroatoms. The van der Waals surface area contributed by atoms with Gasteiger partial charge in [0.05, 0.1) is 6.61 Å². The molecule has 0 amide bonds. The summed E-state index contributed by atoms with van der Waals surface area (Å²) in [7, 11) is 0. The van der Waals surface area contributed by atoms with Crippen molar-refractivity contribution in [3.63, 3.8) is 0 Å². The van der Waals surface area contributed by atoms with E-state index in [0.717, 1.165) is 12.8 Å². The van der Waals surface area contributed by atoms with Gasteiger partial charge in [0.2, 0.25) is 0 Å². The normalized spacial score (nSPS) is 19.5. The smallest absolute Gasteiger partial charge is 0.417 e. The van der Waals surface area contributed by atoms with E-state index in [1.54, 1.807) is 0 Å². The molecule has 0 saturated carbocycles. The van der Waals surface area contributed by atoms with E-state index in [0.29, 0.717) is 12.5 Å². The highest BCUT2D eigenvalue weighted by molar-refractivity contribution is 5.39. The first-order valence-electron chi connectivity index (χ1n) is 4.48. The van der Waals surface area contributed by atoms with Gasteiger partial charge in [-0.1, -0.05) is 24.3 Å². The summed E-state index contributed by atoms with van der Waals surface area (Å²) in [6.07, 6.45) is 2.18. The van der Waals surface area contributed by atoms with E-state index in [1.165, 1.54) is 17.6 Å². The Bertz CT molecular complexity index is 307. The fourth-order valence-corrected chi connectivity index (χ4v) is 1.95. The quantitative estimate of drug-likeness (QED) is 0.700. The number of hydrogen-bond acceptors (Lipinski definition) is 2. The highest BCUT2D eigenvalue weighted by Crippen LogP contribution is 2.32. The molecule has 1 aliphatic carbocycles. The molecule has 2 nitrogen and oxygen atoms in total. The maximum Gasteiger partial charge on any atom is 0.417 e. The first-order chi connectivity index (χ1) is 6.42. The van der Waals surface area contributed by atoms with Crippen LogP contribution in [0.3, 0.4) is 0 Å². The molecule has 1 atom stereocenters. The van der Waals surface area contributed by atoms with Crippen LogP contribution in [-0.2, 0) is 16.0 Å². The van der Waals surface area contributed by atoms with Gasteiger partial charge < -0.3 is 4.74 Å². The number of rotatable bonds is 3. The third kappa shape index (κ3) is 1.57. The largest absolute Gasteiger partial charge is 0.457 e. The van der Waals surface area contributed by atoms with Gasteiger partial charge in [0.15, 0.2) is 0 Å². The summed E-state index contributed by atoms with van der Waals surface area (Å²) in [4.78, 5) is 9.93. The van der Waals surface area contributed by atoms with Crippen LogP contribution in [0.1, 0.15) is 23.5 Å². The van der Waals surface area contributed by atoms with Gasteiger partial charge in [-0.15, -0.1) is 0 Å². The Balaban J connectivity index is 2.13. The third-order valence-corrected chi connectivity index (χ3v) is 2.60. The van der Waals surface area contributed by atoms with E-state index < -0.39 is 0 Å². The first kappa shape index (κ1) is 8.30. The minimum Gasteiger partial charge on any atom is -0.457 e. The van der Waals surface area contributed by atoms with Crippen molar-refractivity contribution >= 4 is 6.47 Å². The molecule has 1 aliphatic rings. The van der Waals surface area contributed by atoms with Gasteiger partial charge in [0.25, 0.3) is 0 Å². The fourth-order valence-electron chi connectivity index (χ4n) is 1.95. The molecule has 1 unspecified atom stereocenters. The lowest BCUT2D eigenvalue weighted by Crippen LogP contribution is -2.03. The molecular formula is C11H11O2. The second-order valence-electron chi connectivity index (χ2n) is 3.33. The van der Waals surface area contributed by atoms with Crippen LogP contribution in [0.15, 0.2) is 24.3 Å². The molecule has 2 rings (SSSR count). The molecule has 1 radical (unpaired) electrons. The molecule has 0 heterocycles. The molecule has 1 aromatic carbocycles. The Hall–Kier alpha value is -1.31. The van der Waals surface area contributed by atoms with Crippen LogP contribution in [0.5, 0.6) is 0 Å². The minimum atomic E-state index is 0.387. The molecule has 67 valence electrons. The zero-order valence-corrected chi connectivity index (χ0v) is 7.32. The standard InChI is InChI=1S/C11H11O2/c12-8-13-7-10-6-5-9-3-1-2-4-11(9)10/h1-4,10H,5-7H2. The van der Waals surface area contributed by atoms with Gasteiger partial charge in [-0.3, -0.25) is 0 Å². The number of aryl methyl sites for hydroxylation is 1. The van der Waals surface area contributed by atoms with Crippen LogP contribution in [-0.4, -0.2) is 13.1 Å². The zero-order chi connectivity index (χ0) is 9.10. The average molecular weight is 175 g/mol. The molecule has 13 heavy (non-hydrogen) atoms. The molecular weight excluding hydrogens is 164 g/mol. The molecule has 1 aromatic rings.